The van der Waals surface area contributed by atoms with E-state index in [4.69, 9.17) is 4.74 Å². The van der Waals surface area contributed by atoms with Crippen molar-refractivity contribution >= 4 is 24.2 Å². The fourth-order valence-electron chi connectivity index (χ4n) is 3.30. The summed E-state index contributed by atoms with van der Waals surface area (Å²) >= 11 is 0. The average Bonchev–Trinajstić information content (AvgIpc) is 3.33. The molecule has 1 aliphatic rings. The summed E-state index contributed by atoms with van der Waals surface area (Å²) < 4.78 is 6.86. The molecule has 0 spiro atoms. The van der Waals surface area contributed by atoms with E-state index in [1.165, 1.54) is 0 Å². The molecule has 1 aromatic carbocycles. The Bertz CT molecular complexity index is 810. The van der Waals surface area contributed by atoms with Crippen molar-refractivity contribution < 1.29 is 14.3 Å². The van der Waals surface area contributed by atoms with Gasteiger partial charge >= 0.3 is 0 Å². The predicted octanol–water partition coefficient (Wildman–Crippen LogP) is 0.700. The Morgan fingerprint density at radius 2 is 2.07 bits per heavy atom. The van der Waals surface area contributed by atoms with Gasteiger partial charge in [0.25, 0.3) is 5.91 Å². The van der Waals surface area contributed by atoms with Crippen LogP contribution >= 0.6 is 12.4 Å². The number of amides is 2. The van der Waals surface area contributed by atoms with Gasteiger partial charge in [-0.3, -0.25) is 14.3 Å². The number of nitrogens with zero attached hydrogens (tertiary/aromatic N) is 2. The van der Waals surface area contributed by atoms with Crippen LogP contribution in [0.3, 0.4) is 0 Å². The molecule has 1 saturated heterocycles. The van der Waals surface area contributed by atoms with Crippen molar-refractivity contribution in [2.75, 3.05) is 33.3 Å². The summed E-state index contributed by atoms with van der Waals surface area (Å²) in [5.74, 6) is 0.405. The summed E-state index contributed by atoms with van der Waals surface area (Å²) in [6.07, 6.45) is 3.76. The predicted molar refractivity (Wildman–Crippen MR) is 108 cm³/mol. The van der Waals surface area contributed by atoms with Crippen molar-refractivity contribution in [3.8, 4) is 5.75 Å². The number of carbonyl (C=O) groups excluding carboxylic acids is 2. The first-order chi connectivity index (χ1) is 13.1. The van der Waals surface area contributed by atoms with E-state index >= 15 is 0 Å². The Morgan fingerprint density at radius 3 is 2.79 bits per heavy atom. The van der Waals surface area contributed by atoms with Gasteiger partial charge in [0.2, 0.25) is 5.91 Å². The standard InChI is InChI=1S/C19H25N5O3.ClH/c1-24-12-14(9-23-24)16-10-20-11-17(16)19(26)22-7-6-21-18(25)13-4-3-5-15(8-13)27-2;/h3-5,8-9,12,16-17,20H,6-7,10-11H2,1-2H3,(H,21,25)(H,22,26);1H/t16-,17+;/m1./s1. The van der Waals surface area contributed by atoms with Crippen molar-refractivity contribution in [2.24, 2.45) is 13.0 Å². The Kier molecular flexibility index (Phi) is 7.83. The zero-order chi connectivity index (χ0) is 19.2. The number of hydrogen-bond acceptors (Lipinski definition) is 5. The minimum absolute atomic E-state index is 0. The molecule has 0 aliphatic carbocycles. The molecule has 2 heterocycles. The lowest BCUT2D eigenvalue weighted by molar-refractivity contribution is -0.124. The van der Waals surface area contributed by atoms with E-state index in [1.54, 1.807) is 36.1 Å². The van der Waals surface area contributed by atoms with Gasteiger partial charge in [0.1, 0.15) is 5.75 Å². The van der Waals surface area contributed by atoms with Gasteiger partial charge in [-0.05, 0) is 23.8 Å². The van der Waals surface area contributed by atoms with Crippen LogP contribution in [0, 0.1) is 5.92 Å². The smallest absolute Gasteiger partial charge is 0.251 e. The Balaban J connectivity index is 0.00000280. The first-order valence-corrected chi connectivity index (χ1v) is 8.97. The monoisotopic (exact) mass is 407 g/mol. The van der Waals surface area contributed by atoms with Gasteiger partial charge < -0.3 is 20.7 Å². The molecule has 2 atom stereocenters. The van der Waals surface area contributed by atoms with Crippen LogP contribution in [-0.4, -0.2) is 54.9 Å². The highest BCUT2D eigenvalue weighted by Gasteiger charge is 2.34. The highest BCUT2D eigenvalue weighted by molar-refractivity contribution is 5.94. The van der Waals surface area contributed by atoms with E-state index in [-0.39, 0.29) is 36.1 Å². The van der Waals surface area contributed by atoms with Gasteiger partial charge in [-0.1, -0.05) is 6.07 Å². The SMILES string of the molecule is COc1cccc(C(=O)NCCNC(=O)[C@H]2CNC[C@@H]2c2cnn(C)c2)c1.Cl. The van der Waals surface area contributed by atoms with E-state index < -0.39 is 0 Å². The summed E-state index contributed by atoms with van der Waals surface area (Å²) in [6, 6.07) is 6.95. The minimum atomic E-state index is -0.195. The molecule has 1 aromatic heterocycles. The van der Waals surface area contributed by atoms with Crippen molar-refractivity contribution in [2.45, 2.75) is 5.92 Å². The third-order valence-electron chi connectivity index (χ3n) is 4.75. The lowest BCUT2D eigenvalue weighted by atomic mass is 9.90. The van der Waals surface area contributed by atoms with Crippen LogP contribution in [0.5, 0.6) is 5.75 Å². The molecule has 1 aliphatic heterocycles. The van der Waals surface area contributed by atoms with E-state index in [0.29, 0.717) is 30.9 Å². The van der Waals surface area contributed by atoms with E-state index in [9.17, 15) is 9.59 Å². The third-order valence-corrected chi connectivity index (χ3v) is 4.75. The number of halogens is 1. The Labute approximate surface area is 170 Å². The number of hydrogen-bond donors (Lipinski definition) is 3. The van der Waals surface area contributed by atoms with E-state index in [0.717, 1.165) is 12.1 Å². The molecule has 9 heteroatoms. The minimum Gasteiger partial charge on any atom is -0.497 e. The van der Waals surface area contributed by atoms with Crippen molar-refractivity contribution in [3.05, 3.63) is 47.8 Å². The molecule has 0 unspecified atom stereocenters. The molecule has 0 saturated carbocycles. The Hall–Kier alpha value is -2.58. The molecule has 8 nitrogen and oxygen atoms in total. The molecule has 2 aromatic rings. The van der Waals surface area contributed by atoms with Gasteiger partial charge in [0.05, 0.1) is 19.2 Å². The number of aromatic nitrogens is 2. The fourth-order valence-corrected chi connectivity index (χ4v) is 3.30. The fraction of sp³-hybridized carbons (Fsp3) is 0.421. The first-order valence-electron chi connectivity index (χ1n) is 8.97. The molecular formula is C19H26ClN5O3. The first kappa shape index (κ1) is 21.7. The number of aryl methyl sites for hydroxylation is 1. The molecule has 3 N–H and O–H groups in total. The van der Waals surface area contributed by atoms with Gasteiger partial charge in [-0.2, -0.15) is 5.10 Å². The average molecular weight is 408 g/mol. The second kappa shape index (κ2) is 10.1. The summed E-state index contributed by atoms with van der Waals surface area (Å²) in [5, 5.41) is 13.2. The topological polar surface area (TPSA) is 97.3 Å². The highest BCUT2D eigenvalue weighted by Crippen LogP contribution is 2.27. The van der Waals surface area contributed by atoms with Crippen molar-refractivity contribution in [1.29, 1.82) is 0 Å². The summed E-state index contributed by atoms with van der Waals surface area (Å²) in [6.45, 7) is 2.14. The third kappa shape index (κ3) is 5.24. The molecule has 0 bridgehead atoms. The van der Waals surface area contributed by atoms with Crippen LogP contribution in [0.1, 0.15) is 21.8 Å². The van der Waals surface area contributed by atoms with Gasteiger partial charge in [0.15, 0.2) is 0 Å². The maximum absolute atomic E-state index is 12.5. The van der Waals surface area contributed by atoms with Crippen molar-refractivity contribution in [3.63, 3.8) is 0 Å². The number of rotatable bonds is 7. The van der Waals surface area contributed by atoms with E-state index in [1.807, 2.05) is 19.4 Å². The Morgan fingerprint density at radius 1 is 1.29 bits per heavy atom. The van der Waals surface area contributed by atoms with Crippen LogP contribution in [-0.2, 0) is 11.8 Å². The molecule has 0 radical (unpaired) electrons. The van der Waals surface area contributed by atoms with Crippen molar-refractivity contribution in [1.82, 2.24) is 25.7 Å². The number of ether oxygens (including phenoxy) is 1. The lowest BCUT2D eigenvalue weighted by Crippen LogP contribution is -2.39. The van der Waals surface area contributed by atoms with Crippen LogP contribution in [0.4, 0.5) is 0 Å². The van der Waals surface area contributed by atoms with Gasteiger partial charge in [-0.15, -0.1) is 12.4 Å². The molecular weight excluding hydrogens is 382 g/mol. The van der Waals surface area contributed by atoms with Crippen LogP contribution in [0.15, 0.2) is 36.7 Å². The number of carbonyl (C=O) groups is 2. The molecule has 152 valence electrons. The van der Waals surface area contributed by atoms with Gasteiger partial charge in [-0.25, -0.2) is 0 Å². The second-order valence-electron chi connectivity index (χ2n) is 6.60. The highest BCUT2D eigenvalue weighted by atomic mass is 35.5. The maximum atomic E-state index is 12.5. The zero-order valence-electron chi connectivity index (χ0n) is 16.0. The summed E-state index contributed by atoms with van der Waals surface area (Å²) in [4.78, 5) is 24.7. The maximum Gasteiger partial charge on any atom is 0.251 e. The lowest BCUT2D eigenvalue weighted by Gasteiger charge is -2.17. The molecule has 28 heavy (non-hydrogen) atoms. The molecule has 1 fully saturated rings. The molecule has 3 rings (SSSR count). The number of benzene rings is 1. The quantitative estimate of drug-likeness (QED) is 0.587. The van der Waals surface area contributed by atoms with Crippen LogP contribution in [0.25, 0.3) is 0 Å². The number of nitrogens with one attached hydrogen (secondary N) is 3. The van der Waals surface area contributed by atoms with E-state index in [2.05, 4.69) is 21.0 Å². The second-order valence-corrected chi connectivity index (χ2v) is 6.60. The molecule has 2 amide bonds. The zero-order valence-corrected chi connectivity index (χ0v) is 16.8. The van der Waals surface area contributed by atoms with Crippen LogP contribution < -0.4 is 20.7 Å². The van der Waals surface area contributed by atoms with Gasteiger partial charge in [0, 0.05) is 50.9 Å². The largest absolute Gasteiger partial charge is 0.497 e. The number of methoxy groups -OCH3 is 1. The normalized spacial score (nSPS) is 18.2. The summed E-state index contributed by atoms with van der Waals surface area (Å²) in [5.41, 5.74) is 1.59. The van der Waals surface area contributed by atoms with Crippen LogP contribution in [0.2, 0.25) is 0 Å². The summed E-state index contributed by atoms with van der Waals surface area (Å²) in [7, 11) is 3.43.